The minimum Gasteiger partial charge on any atom is -0.356 e. The largest absolute Gasteiger partial charge is 0.356 e. The van der Waals surface area contributed by atoms with Crippen molar-refractivity contribution in [2.45, 2.75) is 38.3 Å². The molecule has 8 nitrogen and oxygen atoms in total. The summed E-state index contributed by atoms with van der Waals surface area (Å²) in [4.78, 5) is 15.0. The summed E-state index contributed by atoms with van der Waals surface area (Å²) in [7, 11) is 4.07. The fourth-order valence-electron chi connectivity index (χ4n) is 3.61. The van der Waals surface area contributed by atoms with Crippen LogP contribution >= 0.6 is 0 Å². The lowest BCUT2D eigenvalue weighted by Crippen LogP contribution is -2.58. The molecule has 2 aromatic heterocycles. The summed E-state index contributed by atoms with van der Waals surface area (Å²) >= 11 is 0. The molecule has 2 fully saturated rings. The monoisotopic (exact) mass is 392 g/mol. The second kappa shape index (κ2) is 7.23. The highest BCUT2D eigenvalue weighted by molar-refractivity contribution is 5.52. The van der Waals surface area contributed by atoms with Crippen LogP contribution in [0.5, 0.6) is 0 Å². The maximum Gasteiger partial charge on any atom is 0.251 e. The topological polar surface area (TPSA) is 66.2 Å². The molecule has 0 saturated carbocycles. The Bertz CT molecular complexity index is 823. The van der Waals surface area contributed by atoms with Gasteiger partial charge in [-0.3, -0.25) is 4.90 Å². The molecule has 0 amide bonds. The fourth-order valence-corrected chi connectivity index (χ4v) is 3.61. The van der Waals surface area contributed by atoms with Gasteiger partial charge in [0.1, 0.15) is 29.6 Å². The van der Waals surface area contributed by atoms with Crippen molar-refractivity contribution in [3.8, 4) is 0 Å². The zero-order valence-electron chi connectivity index (χ0n) is 16.5. The smallest absolute Gasteiger partial charge is 0.251 e. The number of anilines is 2. The van der Waals surface area contributed by atoms with Gasteiger partial charge >= 0.3 is 0 Å². The predicted molar refractivity (Wildman–Crippen MR) is 102 cm³/mol. The van der Waals surface area contributed by atoms with Gasteiger partial charge in [-0.05, 0) is 14.0 Å². The SMILES string of the molecule is Cc1nnc(CN(C)C2CN(c3cc(N4CCC(F)(F)CC4)ncn3)C2)n1C. The summed E-state index contributed by atoms with van der Waals surface area (Å²) in [5.41, 5.74) is 0. The second-order valence-corrected chi connectivity index (χ2v) is 7.77. The Kier molecular flexibility index (Phi) is 4.90. The maximum absolute atomic E-state index is 13.4. The molecule has 0 aromatic carbocycles. The van der Waals surface area contributed by atoms with E-state index in [9.17, 15) is 8.78 Å². The molecule has 152 valence electrons. The maximum atomic E-state index is 13.4. The van der Waals surface area contributed by atoms with Crippen LogP contribution in [0.1, 0.15) is 24.5 Å². The minimum atomic E-state index is -2.55. The summed E-state index contributed by atoms with van der Waals surface area (Å²) in [6.07, 6.45) is 1.28. The van der Waals surface area contributed by atoms with Gasteiger partial charge in [-0.15, -0.1) is 10.2 Å². The first-order valence-electron chi connectivity index (χ1n) is 9.57. The van der Waals surface area contributed by atoms with Crippen LogP contribution in [0.2, 0.25) is 0 Å². The van der Waals surface area contributed by atoms with Crippen molar-refractivity contribution < 1.29 is 8.78 Å². The molecular formula is C18H26F2N8. The first-order valence-corrected chi connectivity index (χ1v) is 9.57. The van der Waals surface area contributed by atoms with Crippen molar-refractivity contribution in [2.75, 3.05) is 43.0 Å². The van der Waals surface area contributed by atoms with Crippen LogP contribution in [0.15, 0.2) is 12.4 Å². The van der Waals surface area contributed by atoms with Crippen molar-refractivity contribution in [3.63, 3.8) is 0 Å². The predicted octanol–water partition coefficient (Wildman–Crippen LogP) is 1.47. The second-order valence-electron chi connectivity index (χ2n) is 7.77. The Morgan fingerprint density at radius 3 is 2.36 bits per heavy atom. The van der Waals surface area contributed by atoms with Gasteiger partial charge in [0.15, 0.2) is 0 Å². The number of halogens is 2. The number of rotatable bonds is 5. The van der Waals surface area contributed by atoms with Crippen molar-refractivity contribution in [1.82, 2.24) is 29.6 Å². The molecule has 2 aliphatic heterocycles. The summed E-state index contributed by atoms with van der Waals surface area (Å²) in [6, 6.07) is 2.32. The molecule has 0 aliphatic carbocycles. The number of hydrogen-bond acceptors (Lipinski definition) is 7. The highest BCUT2D eigenvalue weighted by Gasteiger charge is 2.35. The van der Waals surface area contributed by atoms with Crippen LogP contribution in [0.4, 0.5) is 20.4 Å². The normalized spacial score (nSPS) is 19.9. The molecule has 0 spiro atoms. The number of nitrogens with zero attached hydrogens (tertiary/aromatic N) is 8. The standard InChI is InChI=1S/C18H26F2N8/c1-13-23-24-17(26(13)3)11-25(2)14-9-28(10-14)16-8-15(21-12-22-16)27-6-4-18(19,20)5-7-27/h8,12,14H,4-7,9-11H2,1-3H3. The molecule has 4 heterocycles. The summed E-state index contributed by atoms with van der Waals surface area (Å²) in [5.74, 6) is 0.878. The quantitative estimate of drug-likeness (QED) is 0.763. The van der Waals surface area contributed by atoms with E-state index in [4.69, 9.17) is 0 Å². The minimum absolute atomic E-state index is 0.121. The zero-order valence-corrected chi connectivity index (χ0v) is 16.5. The van der Waals surface area contributed by atoms with Crippen LogP contribution in [-0.4, -0.2) is 74.8 Å². The Hall–Kier alpha value is -2.36. The molecule has 0 radical (unpaired) electrons. The third-order valence-corrected chi connectivity index (χ3v) is 5.84. The van der Waals surface area contributed by atoms with Crippen molar-refractivity contribution in [1.29, 1.82) is 0 Å². The third kappa shape index (κ3) is 3.78. The first-order chi connectivity index (χ1) is 13.3. The molecule has 2 saturated heterocycles. The number of likely N-dealkylation sites (N-methyl/N-ethyl adjacent to an activating group) is 1. The molecule has 28 heavy (non-hydrogen) atoms. The van der Waals surface area contributed by atoms with Crippen molar-refractivity contribution in [2.24, 2.45) is 7.05 Å². The van der Waals surface area contributed by atoms with E-state index >= 15 is 0 Å². The number of hydrogen-bond donors (Lipinski definition) is 0. The average Bonchev–Trinajstić information content (AvgIpc) is 2.93. The molecule has 2 aliphatic rings. The molecule has 2 aromatic rings. The average molecular weight is 392 g/mol. The third-order valence-electron chi connectivity index (χ3n) is 5.84. The Morgan fingerprint density at radius 2 is 1.75 bits per heavy atom. The van der Waals surface area contributed by atoms with Crippen LogP contribution < -0.4 is 9.80 Å². The molecule has 0 atom stereocenters. The van der Waals surface area contributed by atoms with E-state index in [1.165, 1.54) is 6.33 Å². The Balaban J connectivity index is 1.34. The lowest BCUT2D eigenvalue weighted by Gasteiger charge is -2.44. The van der Waals surface area contributed by atoms with Crippen LogP contribution in [0.25, 0.3) is 0 Å². The zero-order chi connectivity index (χ0) is 19.9. The molecule has 10 heteroatoms. The van der Waals surface area contributed by atoms with Gasteiger partial charge in [-0.2, -0.15) is 0 Å². The van der Waals surface area contributed by atoms with E-state index in [0.29, 0.717) is 19.1 Å². The lowest BCUT2D eigenvalue weighted by molar-refractivity contribution is -0.0221. The van der Waals surface area contributed by atoms with E-state index in [2.05, 4.69) is 37.0 Å². The molecule has 0 bridgehead atoms. The fraction of sp³-hybridized carbons (Fsp3) is 0.667. The summed E-state index contributed by atoms with van der Waals surface area (Å²) in [5, 5.41) is 8.33. The van der Waals surface area contributed by atoms with Gasteiger partial charge in [0.2, 0.25) is 0 Å². The van der Waals surface area contributed by atoms with Gasteiger partial charge in [0.25, 0.3) is 5.92 Å². The van der Waals surface area contributed by atoms with Crippen molar-refractivity contribution in [3.05, 3.63) is 24.0 Å². The van der Waals surface area contributed by atoms with Crippen molar-refractivity contribution >= 4 is 11.6 Å². The van der Waals surface area contributed by atoms with E-state index < -0.39 is 5.92 Å². The molecule has 0 unspecified atom stereocenters. The van der Waals surface area contributed by atoms with E-state index in [0.717, 1.165) is 42.9 Å². The lowest BCUT2D eigenvalue weighted by atomic mass is 10.1. The number of alkyl halides is 2. The number of aromatic nitrogens is 5. The molecule has 4 rings (SSSR count). The van der Waals surface area contributed by atoms with Gasteiger partial charge in [-0.1, -0.05) is 0 Å². The van der Waals surface area contributed by atoms with Crippen LogP contribution in [0, 0.1) is 6.92 Å². The van der Waals surface area contributed by atoms with E-state index in [1.54, 1.807) is 0 Å². The molecular weight excluding hydrogens is 366 g/mol. The van der Waals surface area contributed by atoms with Crippen LogP contribution in [0.3, 0.4) is 0 Å². The van der Waals surface area contributed by atoms with Gasteiger partial charge < -0.3 is 14.4 Å². The van der Waals surface area contributed by atoms with Crippen LogP contribution in [-0.2, 0) is 13.6 Å². The van der Waals surface area contributed by atoms with E-state index in [1.807, 2.05) is 29.5 Å². The van der Waals surface area contributed by atoms with Gasteiger partial charge in [-0.25, -0.2) is 18.7 Å². The molecule has 0 N–H and O–H groups in total. The summed E-state index contributed by atoms with van der Waals surface area (Å²) in [6.45, 7) is 5.06. The summed E-state index contributed by atoms with van der Waals surface area (Å²) < 4.78 is 28.8. The van der Waals surface area contributed by atoms with Gasteiger partial charge in [0.05, 0.1) is 6.54 Å². The highest BCUT2D eigenvalue weighted by Crippen LogP contribution is 2.31. The number of aryl methyl sites for hydroxylation is 1. The number of piperidine rings is 1. The van der Waals surface area contributed by atoms with Gasteiger partial charge in [0, 0.05) is 58.2 Å². The Morgan fingerprint density at radius 1 is 1.11 bits per heavy atom. The Labute approximate surface area is 163 Å². The highest BCUT2D eigenvalue weighted by atomic mass is 19.3. The first kappa shape index (κ1) is 19.0. The van der Waals surface area contributed by atoms with E-state index in [-0.39, 0.29) is 12.8 Å².